The van der Waals surface area contributed by atoms with E-state index in [-0.39, 0.29) is 5.97 Å². The van der Waals surface area contributed by atoms with Gasteiger partial charge in [0.25, 0.3) is 0 Å². The molecule has 0 amide bonds. The van der Waals surface area contributed by atoms with Gasteiger partial charge in [-0.25, -0.2) is 0 Å². The first-order valence-corrected chi connectivity index (χ1v) is 6.12. The minimum Gasteiger partial charge on any atom is -0.497 e. The van der Waals surface area contributed by atoms with Crippen molar-refractivity contribution in [2.24, 2.45) is 0 Å². The molecular weight excluding hydrogens is 232 g/mol. The van der Waals surface area contributed by atoms with Crippen molar-refractivity contribution in [1.82, 2.24) is 0 Å². The summed E-state index contributed by atoms with van der Waals surface area (Å²) in [5.41, 5.74) is 1.07. The van der Waals surface area contributed by atoms with E-state index in [1.54, 1.807) is 7.11 Å². The van der Waals surface area contributed by atoms with Gasteiger partial charge in [0.05, 0.1) is 13.7 Å². The van der Waals surface area contributed by atoms with Crippen LogP contribution in [0.15, 0.2) is 24.3 Å². The second-order valence-electron chi connectivity index (χ2n) is 3.77. The molecule has 4 heteroatoms. The minimum atomic E-state index is -0.197. The molecule has 0 aliphatic heterocycles. The van der Waals surface area contributed by atoms with Gasteiger partial charge in [0.2, 0.25) is 0 Å². The summed E-state index contributed by atoms with van der Waals surface area (Å²) in [6, 6.07) is 7.68. The molecular formula is C14H20O4. The highest BCUT2D eigenvalue weighted by Crippen LogP contribution is 2.13. The lowest BCUT2D eigenvalue weighted by molar-refractivity contribution is -0.145. The zero-order valence-electron chi connectivity index (χ0n) is 11.0. The second-order valence-corrected chi connectivity index (χ2v) is 3.77. The standard InChI is InChI=1S/C14H20O4/c1-3-17-9-10-18-14(15)8-7-12-5-4-6-13(11-12)16-2/h4-6,11H,3,7-10H2,1-2H3. The lowest BCUT2D eigenvalue weighted by Gasteiger charge is -2.06. The van der Waals surface area contributed by atoms with Crippen LogP contribution in [0.3, 0.4) is 0 Å². The van der Waals surface area contributed by atoms with E-state index in [1.165, 1.54) is 0 Å². The van der Waals surface area contributed by atoms with E-state index in [4.69, 9.17) is 14.2 Å². The number of carbonyl (C=O) groups excluding carboxylic acids is 1. The van der Waals surface area contributed by atoms with Gasteiger partial charge in [0.1, 0.15) is 12.4 Å². The number of carbonyl (C=O) groups is 1. The Balaban J connectivity index is 2.24. The van der Waals surface area contributed by atoms with E-state index >= 15 is 0 Å². The van der Waals surface area contributed by atoms with E-state index in [2.05, 4.69) is 0 Å². The van der Waals surface area contributed by atoms with Crippen molar-refractivity contribution in [3.63, 3.8) is 0 Å². The van der Waals surface area contributed by atoms with Crippen molar-refractivity contribution in [1.29, 1.82) is 0 Å². The Kier molecular flexibility index (Phi) is 6.87. The normalized spacial score (nSPS) is 10.1. The molecule has 0 aromatic heterocycles. The highest BCUT2D eigenvalue weighted by molar-refractivity contribution is 5.69. The average Bonchev–Trinajstić information content (AvgIpc) is 2.41. The molecule has 0 aliphatic carbocycles. The van der Waals surface area contributed by atoms with Gasteiger partial charge in [-0.15, -0.1) is 0 Å². The molecule has 0 N–H and O–H groups in total. The van der Waals surface area contributed by atoms with E-state index < -0.39 is 0 Å². The molecule has 0 atom stereocenters. The second kappa shape index (κ2) is 8.53. The number of esters is 1. The van der Waals surface area contributed by atoms with Gasteiger partial charge < -0.3 is 14.2 Å². The molecule has 18 heavy (non-hydrogen) atoms. The molecule has 0 unspecified atom stereocenters. The van der Waals surface area contributed by atoms with Crippen LogP contribution in [-0.2, 0) is 20.7 Å². The van der Waals surface area contributed by atoms with Gasteiger partial charge >= 0.3 is 5.97 Å². The van der Waals surface area contributed by atoms with E-state index in [0.29, 0.717) is 32.7 Å². The van der Waals surface area contributed by atoms with Crippen LogP contribution in [0.1, 0.15) is 18.9 Å². The van der Waals surface area contributed by atoms with E-state index in [9.17, 15) is 4.79 Å². The van der Waals surface area contributed by atoms with Crippen LogP contribution in [0.4, 0.5) is 0 Å². The van der Waals surface area contributed by atoms with Crippen LogP contribution in [-0.4, -0.2) is 32.9 Å². The van der Waals surface area contributed by atoms with Crippen LogP contribution >= 0.6 is 0 Å². The summed E-state index contributed by atoms with van der Waals surface area (Å²) in [5.74, 6) is 0.606. The summed E-state index contributed by atoms with van der Waals surface area (Å²) in [7, 11) is 1.63. The predicted octanol–water partition coefficient (Wildman–Crippen LogP) is 2.21. The van der Waals surface area contributed by atoms with Crippen LogP contribution in [0.5, 0.6) is 5.75 Å². The Morgan fingerprint density at radius 2 is 2.11 bits per heavy atom. The molecule has 0 spiro atoms. The fourth-order valence-electron chi connectivity index (χ4n) is 1.51. The molecule has 1 aromatic carbocycles. The Bertz CT molecular complexity index is 363. The number of hydrogen-bond acceptors (Lipinski definition) is 4. The van der Waals surface area contributed by atoms with E-state index in [1.807, 2.05) is 31.2 Å². The number of aryl methyl sites for hydroxylation is 1. The van der Waals surface area contributed by atoms with Crippen LogP contribution < -0.4 is 4.74 Å². The topological polar surface area (TPSA) is 44.8 Å². The molecule has 1 aromatic rings. The quantitative estimate of drug-likeness (QED) is 0.525. The number of hydrogen-bond donors (Lipinski definition) is 0. The smallest absolute Gasteiger partial charge is 0.306 e. The van der Waals surface area contributed by atoms with Gasteiger partial charge in [-0.2, -0.15) is 0 Å². The summed E-state index contributed by atoms with van der Waals surface area (Å²) in [5, 5.41) is 0. The van der Waals surface area contributed by atoms with Crippen molar-refractivity contribution in [3.8, 4) is 5.75 Å². The first-order valence-electron chi connectivity index (χ1n) is 6.12. The third-order valence-corrected chi connectivity index (χ3v) is 2.45. The first kappa shape index (κ1) is 14.5. The van der Waals surface area contributed by atoms with Crippen molar-refractivity contribution < 1.29 is 19.0 Å². The monoisotopic (exact) mass is 252 g/mol. The molecule has 0 saturated heterocycles. The molecule has 0 heterocycles. The molecule has 0 radical (unpaired) electrons. The first-order chi connectivity index (χ1) is 8.76. The predicted molar refractivity (Wildman–Crippen MR) is 68.8 cm³/mol. The molecule has 1 rings (SSSR count). The maximum absolute atomic E-state index is 11.4. The Labute approximate surface area is 108 Å². The molecule has 0 saturated carbocycles. The summed E-state index contributed by atoms with van der Waals surface area (Å²) in [6.45, 7) is 3.33. The highest BCUT2D eigenvalue weighted by Gasteiger charge is 2.04. The summed E-state index contributed by atoms with van der Waals surface area (Å²) < 4.78 is 15.2. The Morgan fingerprint density at radius 1 is 1.28 bits per heavy atom. The summed E-state index contributed by atoms with van der Waals surface area (Å²) in [4.78, 5) is 11.4. The van der Waals surface area contributed by atoms with E-state index in [0.717, 1.165) is 11.3 Å². The number of methoxy groups -OCH3 is 1. The van der Waals surface area contributed by atoms with Crippen molar-refractivity contribution in [2.75, 3.05) is 26.9 Å². The Hall–Kier alpha value is -1.55. The van der Waals surface area contributed by atoms with Gasteiger partial charge in [0, 0.05) is 13.0 Å². The number of ether oxygens (including phenoxy) is 3. The average molecular weight is 252 g/mol. The van der Waals surface area contributed by atoms with Crippen molar-refractivity contribution in [3.05, 3.63) is 29.8 Å². The van der Waals surface area contributed by atoms with Crippen molar-refractivity contribution in [2.45, 2.75) is 19.8 Å². The number of benzene rings is 1. The number of rotatable bonds is 8. The fourth-order valence-corrected chi connectivity index (χ4v) is 1.51. The third kappa shape index (κ3) is 5.68. The van der Waals surface area contributed by atoms with Gasteiger partial charge in [-0.3, -0.25) is 4.79 Å². The maximum Gasteiger partial charge on any atom is 0.306 e. The highest BCUT2D eigenvalue weighted by atomic mass is 16.6. The molecule has 4 nitrogen and oxygen atoms in total. The van der Waals surface area contributed by atoms with Crippen molar-refractivity contribution >= 4 is 5.97 Å². The summed E-state index contributed by atoms with van der Waals surface area (Å²) in [6.07, 6.45) is 1.03. The third-order valence-electron chi connectivity index (χ3n) is 2.45. The zero-order valence-corrected chi connectivity index (χ0v) is 11.0. The van der Waals surface area contributed by atoms with Gasteiger partial charge in [0.15, 0.2) is 0 Å². The zero-order chi connectivity index (χ0) is 13.2. The van der Waals surface area contributed by atoms with Gasteiger partial charge in [-0.05, 0) is 31.0 Å². The maximum atomic E-state index is 11.4. The van der Waals surface area contributed by atoms with Gasteiger partial charge in [-0.1, -0.05) is 12.1 Å². The molecule has 0 bridgehead atoms. The molecule has 100 valence electrons. The Morgan fingerprint density at radius 3 is 2.83 bits per heavy atom. The lowest BCUT2D eigenvalue weighted by atomic mass is 10.1. The largest absolute Gasteiger partial charge is 0.497 e. The minimum absolute atomic E-state index is 0.197. The van der Waals surface area contributed by atoms with Crippen LogP contribution in [0.25, 0.3) is 0 Å². The molecule has 0 fully saturated rings. The molecule has 0 aliphatic rings. The SMILES string of the molecule is CCOCCOC(=O)CCc1cccc(OC)c1. The summed E-state index contributed by atoms with van der Waals surface area (Å²) >= 11 is 0. The van der Waals surface area contributed by atoms with Crippen LogP contribution in [0, 0.1) is 0 Å². The lowest BCUT2D eigenvalue weighted by Crippen LogP contribution is -2.11. The van der Waals surface area contributed by atoms with Crippen LogP contribution in [0.2, 0.25) is 0 Å². The fraction of sp³-hybridized carbons (Fsp3) is 0.500.